The first-order chi connectivity index (χ1) is 7.47. The molecule has 0 saturated carbocycles. The molecule has 1 heterocycles. The number of hydrogen-bond donors (Lipinski definition) is 1. The molecule has 1 aliphatic heterocycles. The Kier molecular flexibility index (Phi) is 4.00. The first kappa shape index (κ1) is 12.2. The van der Waals surface area contributed by atoms with E-state index in [0.29, 0.717) is 0 Å². The summed E-state index contributed by atoms with van der Waals surface area (Å²) in [7, 11) is 0. The van der Waals surface area contributed by atoms with E-state index in [2.05, 4.69) is 39.0 Å². The van der Waals surface area contributed by atoms with Crippen molar-refractivity contribution < 1.29 is 9.59 Å². The van der Waals surface area contributed by atoms with E-state index >= 15 is 0 Å². The molecule has 84 valence electrons. The van der Waals surface area contributed by atoms with Crippen molar-refractivity contribution in [1.82, 2.24) is 5.32 Å². The van der Waals surface area contributed by atoms with Crippen molar-refractivity contribution >= 4 is 11.8 Å². The highest BCUT2D eigenvalue weighted by Crippen LogP contribution is 2.06. The third-order valence-electron chi connectivity index (χ3n) is 2.00. The van der Waals surface area contributed by atoms with E-state index in [4.69, 9.17) is 0 Å². The van der Waals surface area contributed by atoms with Crippen LogP contribution in [0.25, 0.3) is 0 Å². The normalized spacial score (nSPS) is 13.2. The molecular formula is C13H15NO2. The summed E-state index contributed by atoms with van der Waals surface area (Å²) in [6.07, 6.45) is 2.39. The van der Waals surface area contributed by atoms with E-state index in [0.717, 1.165) is 0 Å². The van der Waals surface area contributed by atoms with Crippen LogP contribution in [0, 0.1) is 20.8 Å². The standard InChI is InChI=1S/C9H12.C4H3NO2/c1-7-4-8(2)6-9(3)5-7;6-3-1-2-4(7)5-3/h4-6H,1-3H3;1-2H,(H,5,6,7). The van der Waals surface area contributed by atoms with Gasteiger partial charge in [-0.2, -0.15) is 0 Å². The maximum absolute atomic E-state index is 10.0. The lowest BCUT2D eigenvalue weighted by Crippen LogP contribution is -2.19. The number of amides is 2. The van der Waals surface area contributed by atoms with Crippen LogP contribution in [0.15, 0.2) is 30.4 Å². The fourth-order valence-electron chi connectivity index (χ4n) is 1.56. The summed E-state index contributed by atoms with van der Waals surface area (Å²) < 4.78 is 0. The van der Waals surface area contributed by atoms with Crippen LogP contribution in [0.2, 0.25) is 0 Å². The largest absolute Gasteiger partial charge is 0.289 e. The SMILES string of the molecule is Cc1cc(C)cc(C)c1.O=C1C=CC(=O)N1. The van der Waals surface area contributed by atoms with Gasteiger partial charge in [0.2, 0.25) is 0 Å². The molecule has 0 saturated heterocycles. The number of carbonyl (C=O) groups excluding carboxylic acids is 2. The number of rotatable bonds is 0. The second kappa shape index (κ2) is 5.26. The van der Waals surface area contributed by atoms with Crippen molar-refractivity contribution in [3.8, 4) is 0 Å². The summed E-state index contributed by atoms with van der Waals surface area (Å²) in [5.41, 5.74) is 4.06. The summed E-state index contributed by atoms with van der Waals surface area (Å²) in [4.78, 5) is 20.1. The molecule has 0 atom stereocenters. The highest BCUT2D eigenvalue weighted by Gasteiger charge is 2.06. The van der Waals surface area contributed by atoms with E-state index in [9.17, 15) is 9.59 Å². The molecular weight excluding hydrogens is 202 g/mol. The Balaban J connectivity index is 0.000000165. The molecule has 1 aromatic carbocycles. The quantitative estimate of drug-likeness (QED) is 0.674. The third-order valence-corrected chi connectivity index (χ3v) is 2.00. The topological polar surface area (TPSA) is 46.2 Å². The van der Waals surface area contributed by atoms with Crippen LogP contribution in [0.5, 0.6) is 0 Å². The molecule has 3 heteroatoms. The predicted molar refractivity (Wildman–Crippen MR) is 62.9 cm³/mol. The monoisotopic (exact) mass is 217 g/mol. The van der Waals surface area contributed by atoms with Gasteiger partial charge < -0.3 is 0 Å². The van der Waals surface area contributed by atoms with Gasteiger partial charge in [0.25, 0.3) is 11.8 Å². The van der Waals surface area contributed by atoms with Gasteiger partial charge >= 0.3 is 0 Å². The number of benzene rings is 1. The first-order valence-corrected chi connectivity index (χ1v) is 5.05. The summed E-state index contributed by atoms with van der Waals surface area (Å²) in [6.45, 7) is 6.38. The van der Waals surface area contributed by atoms with Gasteiger partial charge in [0, 0.05) is 12.2 Å². The Morgan fingerprint density at radius 2 is 1.06 bits per heavy atom. The molecule has 2 amide bonds. The van der Waals surface area contributed by atoms with Crippen molar-refractivity contribution in [2.45, 2.75) is 20.8 Å². The van der Waals surface area contributed by atoms with Gasteiger partial charge in [-0.3, -0.25) is 14.9 Å². The lowest BCUT2D eigenvalue weighted by atomic mass is 10.1. The minimum atomic E-state index is -0.329. The summed E-state index contributed by atoms with van der Waals surface area (Å²) in [5.74, 6) is -0.657. The van der Waals surface area contributed by atoms with E-state index in [1.807, 2.05) is 5.32 Å². The van der Waals surface area contributed by atoms with E-state index in [-0.39, 0.29) is 11.8 Å². The summed E-state index contributed by atoms with van der Waals surface area (Å²) in [6, 6.07) is 6.56. The van der Waals surface area contributed by atoms with Gasteiger partial charge in [0.1, 0.15) is 0 Å². The number of carbonyl (C=O) groups is 2. The maximum Gasteiger partial charge on any atom is 0.250 e. The number of nitrogens with one attached hydrogen (secondary N) is 1. The zero-order valence-electron chi connectivity index (χ0n) is 9.70. The highest BCUT2D eigenvalue weighted by molar-refractivity contribution is 6.12. The van der Waals surface area contributed by atoms with Crippen LogP contribution in [0.1, 0.15) is 16.7 Å². The van der Waals surface area contributed by atoms with Crippen molar-refractivity contribution in [3.05, 3.63) is 47.0 Å². The lowest BCUT2D eigenvalue weighted by Gasteiger charge is -1.96. The van der Waals surface area contributed by atoms with Gasteiger partial charge in [0.05, 0.1) is 0 Å². The molecule has 0 aliphatic carbocycles. The smallest absolute Gasteiger partial charge is 0.250 e. The molecule has 1 N–H and O–H groups in total. The summed E-state index contributed by atoms with van der Waals surface area (Å²) in [5, 5.41) is 2.03. The zero-order valence-corrected chi connectivity index (χ0v) is 9.70. The fourth-order valence-corrected chi connectivity index (χ4v) is 1.56. The third kappa shape index (κ3) is 4.09. The first-order valence-electron chi connectivity index (χ1n) is 5.05. The van der Waals surface area contributed by atoms with Crippen molar-refractivity contribution in [2.24, 2.45) is 0 Å². The van der Waals surface area contributed by atoms with Crippen molar-refractivity contribution in [3.63, 3.8) is 0 Å². The van der Waals surface area contributed by atoms with E-state index < -0.39 is 0 Å². The van der Waals surface area contributed by atoms with Crippen LogP contribution in [0.4, 0.5) is 0 Å². The minimum absolute atomic E-state index is 0.329. The number of imide groups is 1. The average molecular weight is 217 g/mol. The highest BCUT2D eigenvalue weighted by atomic mass is 16.2. The second-order valence-electron chi connectivity index (χ2n) is 3.85. The number of hydrogen-bond acceptors (Lipinski definition) is 2. The molecule has 16 heavy (non-hydrogen) atoms. The molecule has 0 radical (unpaired) electrons. The Hall–Kier alpha value is -1.90. The van der Waals surface area contributed by atoms with Crippen LogP contribution < -0.4 is 5.32 Å². The van der Waals surface area contributed by atoms with Gasteiger partial charge in [-0.1, -0.05) is 34.9 Å². The minimum Gasteiger partial charge on any atom is -0.289 e. The molecule has 0 bridgehead atoms. The molecule has 3 nitrogen and oxygen atoms in total. The Bertz CT molecular complexity index is 381. The van der Waals surface area contributed by atoms with Crippen molar-refractivity contribution in [2.75, 3.05) is 0 Å². The average Bonchev–Trinajstić information content (AvgIpc) is 2.48. The van der Waals surface area contributed by atoms with Gasteiger partial charge in [-0.15, -0.1) is 0 Å². The summed E-state index contributed by atoms with van der Waals surface area (Å²) >= 11 is 0. The second-order valence-corrected chi connectivity index (χ2v) is 3.85. The fraction of sp³-hybridized carbons (Fsp3) is 0.231. The molecule has 0 spiro atoms. The van der Waals surface area contributed by atoms with Crippen molar-refractivity contribution in [1.29, 1.82) is 0 Å². The Labute approximate surface area is 95.2 Å². The molecule has 0 unspecified atom stereocenters. The van der Waals surface area contributed by atoms with Crippen LogP contribution in [-0.2, 0) is 9.59 Å². The molecule has 0 fully saturated rings. The van der Waals surface area contributed by atoms with E-state index in [1.54, 1.807) is 0 Å². The van der Waals surface area contributed by atoms with Crippen LogP contribution >= 0.6 is 0 Å². The number of aryl methyl sites for hydroxylation is 3. The van der Waals surface area contributed by atoms with Crippen LogP contribution in [0.3, 0.4) is 0 Å². The van der Waals surface area contributed by atoms with Gasteiger partial charge in [-0.25, -0.2) is 0 Å². The lowest BCUT2D eigenvalue weighted by molar-refractivity contribution is -0.123. The van der Waals surface area contributed by atoms with Gasteiger partial charge in [-0.05, 0) is 20.8 Å². The maximum atomic E-state index is 10.0. The van der Waals surface area contributed by atoms with Crippen LogP contribution in [-0.4, -0.2) is 11.8 Å². The molecule has 0 aromatic heterocycles. The molecule has 2 rings (SSSR count). The molecule has 1 aromatic rings. The predicted octanol–water partition coefficient (Wildman–Crippen LogP) is 1.81. The molecule has 1 aliphatic rings. The van der Waals surface area contributed by atoms with Gasteiger partial charge in [0.15, 0.2) is 0 Å². The Morgan fingerprint density at radius 3 is 1.25 bits per heavy atom. The van der Waals surface area contributed by atoms with E-state index in [1.165, 1.54) is 28.8 Å². The zero-order chi connectivity index (χ0) is 12.1. The Morgan fingerprint density at radius 1 is 0.750 bits per heavy atom.